The van der Waals surface area contributed by atoms with Crippen molar-refractivity contribution in [2.24, 2.45) is 0 Å². The number of amides is 1. The van der Waals surface area contributed by atoms with E-state index in [0.29, 0.717) is 29.7 Å². The molecular weight excluding hydrogens is 390 g/mol. The predicted octanol–water partition coefficient (Wildman–Crippen LogP) is 4.32. The number of nitrogens with zero attached hydrogens (tertiary/aromatic N) is 2. The van der Waals surface area contributed by atoms with Crippen LogP contribution in [0.2, 0.25) is 5.02 Å². The highest BCUT2D eigenvalue weighted by Gasteiger charge is 2.10. The van der Waals surface area contributed by atoms with E-state index in [1.54, 1.807) is 25.3 Å². The molecule has 3 aromatic rings. The summed E-state index contributed by atoms with van der Waals surface area (Å²) >= 11 is 6.23. The van der Waals surface area contributed by atoms with E-state index in [4.69, 9.17) is 21.1 Å². The van der Waals surface area contributed by atoms with E-state index in [1.807, 2.05) is 37.5 Å². The van der Waals surface area contributed by atoms with Crippen LogP contribution in [0.3, 0.4) is 0 Å². The van der Waals surface area contributed by atoms with Crippen LogP contribution < -0.4 is 14.8 Å². The fourth-order valence-corrected chi connectivity index (χ4v) is 3.32. The molecule has 0 spiro atoms. The third-order valence-corrected chi connectivity index (χ3v) is 4.65. The van der Waals surface area contributed by atoms with Gasteiger partial charge in [-0.05, 0) is 49.2 Å². The number of ether oxygens (including phenoxy) is 2. The van der Waals surface area contributed by atoms with Gasteiger partial charge in [0.15, 0.2) is 11.5 Å². The Labute approximate surface area is 175 Å². The summed E-state index contributed by atoms with van der Waals surface area (Å²) in [4.78, 5) is 16.5. The number of methoxy groups -OCH3 is 1. The maximum atomic E-state index is 12.1. The average molecular weight is 414 g/mol. The Kier molecular flexibility index (Phi) is 7.14. The van der Waals surface area contributed by atoms with Crippen molar-refractivity contribution in [3.8, 4) is 11.5 Å². The van der Waals surface area contributed by atoms with Gasteiger partial charge in [0.05, 0.1) is 36.1 Å². The van der Waals surface area contributed by atoms with Gasteiger partial charge in [-0.3, -0.25) is 4.79 Å². The average Bonchev–Trinajstić information content (AvgIpc) is 3.13. The summed E-state index contributed by atoms with van der Waals surface area (Å²) in [7, 11) is 1.54. The summed E-state index contributed by atoms with van der Waals surface area (Å²) in [6.45, 7) is 3.74. The molecule has 0 saturated carbocycles. The van der Waals surface area contributed by atoms with E-state index in [2.05, 4.69) is 14.9 Å². The lowest BCUT2D eigenvalue weighted by molar-refractivity contribution is -0.116. The first-order valence-electron chi connectivity index (χ1n) is 9.48. The zero-order valence-corrected chi connectivity index (χ0v) is 17.3. The summed E-state index contributed by atoms with van der Waals surface area (Å²) in [5.74, 6) is 0.877. The number of aryl methyl sites for hydroxylation is 1. The van der Waals surface area contributed by atoms with E-state index in [1.165, 1.54) is 6.08 Å². The molecule has 152 valence electrons. The minimum atomic E-state index is -0.162. The first-order valence-corrected chi connectivity index (χ1v) is 9.86. The lowest BCUT2D eigenvalue weighted by Gasteiger charge is -2.11. The van der Waals surface area contributed by atoms with Crippen molar-refractivity contribution >= 4 is 34.6 Å². The summed E-state index contributed by atoms with van der Waals surface area (Å²) in [6, 6.07) is 11.5. The Morgan fingerprint density at radius 3 is 2.93 bits per heavy atom. The van der Waals surface area contributed by atoms with Crippen molar-refractivity contribution in [3.63, 3.8) is 0 Å². The number of fused-ring (bicyclic) bond motifs is 1. The highest BCUT2D eigenvalue weighted by atomic mass is 35.5. The summed E-state index contributed by atoms with van der Waals surface area (Å²) in [5, 5.41) is 3.33. The number of aromatic nitrogens is 2. The Morgan fingerprint density at radius 1 is 1.31 bits per heavy atom. The van der Waals surface area contributed by atoms with Crippen molar-refractivity contribution in [1.29, 1.82) is 0 Å². The van der Waals surface area contributed by atoms with E-state index >= 15 is 0 Å². The molecule has 6 nitrogen and oxygen atoms in total. The number of carbonyl (C=O) groups excluding carboxylic acids is 1. The van der Waals surface area contributed by atoms with Crippen LogP contribution in [0.4, 0.5) is 0 Å². The summed E-state index contributed by atoms with van der Waals surface area (Å²) in [6.07, 6.45) is 5.82. The van der Waals surface area contributed by atoms with Crippen LogP contribution in [0.1, 0.15) is 18.9 Å². The number of carbonyl (C=O) groups is 1. The molecule has 0 atom stereocenters. The molecule has 1 N–H and O–H groups in total. The van der Waals surface area contributed by atoms with Gasteiger partial charge in [-0.2, -0.15) is 0 Å². The molecule has 3 rings (SSSR count). The van der Waals surface area contributed by atoms with Crippen molar-refractivity contribution in [1.82, 2.24) is 14.9 Å². The lowest BCUT2D eigenvalue weighted by Crippen LogP contribution is -2.23. The molecule has 0 aliphatic heterocycles. The van der Waals surface area contributed by atoms with Gasteiger partial charge in [-0.15, -0.1) is 0 Å². The Morgan fingerprint density at radius 2 is 2.14 bits per heavy atom. The third-order valence-electron chi connectivity index (χ3n) is 4.37. The van der Waals surface area contributed by atoms with Crippen molar-refractivity contribution in [2.45, 2.75) is 19.9 Å². The van der Waals surface area contributed by atoms with Gasteiger partial charge in [0.2, 0.25) is 5.91 Å². The number of benzene rings is 2. The van der Waals surface area contributed by atoms with Crippen molar-refractivity contribution < 1.29 is 14.3 Å². The van der Waals surface area contributed by atoms with Crippen LogP contribution in [-0.2, 0) is 11.3 Å². The monoisotopic (exact) mass is 413 g/mol. The summed E-state index contributed by atoms with van der Waals surface area (Å²) < 4.78 is 12.9. The van der Waals surface area contributed by atoms with Gasteiger partial charge >= 0.3 is 0 Å². The first kappa shape index (κ1) is 20.7. The zero-order chi connectivity index (χ0) is 20.6. The second kappa shape index (κ2) is 9.98. The van der Waals surface area contributed by atoms with Gasteiger partial charge in [0.25, 0.3) is 0 Å². The minimum Gasteiger partial charge on any atom is -0.491 e. The molecule has 1 heterocycles. The third kappa shape index (κ3) is 5.29. The molecule has 0 unspecified atom stereocenters. The lowest BCUT2D eigenvalue weighted by atomic mass is 10.2. The number of imidazole rings is 1. The van der Waals surface area contributed by atoms with Crippen LogP contribution in [0, 0.1) is 0 Å². The number of hydrogen-bond acceptors (Lipinski definition) is 4. The van der Waals surface area contributed by atoms with Crippen molar-refractivity contribution in [3.05, 3.63) is 59.4 Å². The number of para-hydroxylation sites is 2. The van der Waals surface area contributed by atoms with Crippen LogP contribution in [-0.4, -0.2) is 35.7 Å². The molecule has 1 aromatic heterocycles. The van der Waals surface area contributed by atoms with E-state index in [0.717, 1.165) is 29.6 Å². The second-order valence-electron chi connectivity index (χ2n) is 6.37. The Hall–Kier alpha value is -2.99. The fraction of sp³-hybridized carbons (Fsp3) is 0.273. The quantitative estimate of drug-likeness (QED) is 0.419. The SMILES string of the molecule is CCOc1cc(/C=C/C(=O)NCCCn2cnc3ccccc32)cc(Cl)c1OC. The topological polar surface area (TPSA) is 65.4 Å². The van der Waals surface area contributed by atoms with Gasteiger partial charge < -0.3 is 19.4 Å². The number of rotatable bonds is 9. The number of halogens is 1. The highest BCUT2D eigenvalue weighted by molar-refractivity contribution is 6.32. The molecule has 0 radical (unpaired) electrons. The molecule has 0 saturated heterocycles. The molecule has 0 aliphatic rings. The molecule has 1 amide bonds. The molecule has 2 aromatic carbocycles. The molecular formula is C22H24ClN3O3. The molecule has 29 heavy (non-hydrogen) atoms. The maximum Gasteiger partial charge on any atom is 0.244 e. The standard InChI is InChI=1S/C22H24ClN3O3/c1-3-29-20-14-16(13-17(23)22(20)28-2)9-10-21(27)24-11-6-12-26-15-25-18-7-4-5-8-19(18)26/h4-5,7-10,13-15H,3,6,11-12H2,1-2H3,(H,24,27)/b10-9+. The van der Waals surface area contributed by atoms with Crippen LogP contribution in [0.25, 0.3) is 17.1 Å². The van der Waals surface area contributed by atoms with E-state index < -0.39 is 0 Å². The van der Waals surface area contributed by atoms with Crippen LogP contribution in [0.15, 0.2) is 48.8 Å². The van der Waals surface area contributed by atoms with Gasteiger partial charge in [-0.25, -0.2) is 4.98 Å². The molecule has 0 fully saturated rings. The largest absolute Gasteiger partial charge is 0.491 e. The van der Waals surface area contributed by atoms with Crippen molar-refractivity contribution in [2.75, 3.05) is 20.3 Å². The van der Waals surface area contributed by atoms with Gasteiger partial charge in [0, 0.05) is 19.2 Å². The fourth-order valence-electron chi connectivity index (χ4n) is 3.03. The van der Waals surface area contributed by atoms with Crippen LogP contribution in [0.5, 0.6) is 11.5 Å². The minimum absolute atomic E-state index is 0.162. The smallest absolute Gasteiger partial charge is 0.244 e. The highest BCUT2D eigenvalue weighted by Crippen LogP contribution is 2.36. The predicted molar refractivity (Wildman–Crippen MR) is 116 cm³/mol. The second-order valence-corrected chi connectivity index (χ2v) is 6.78. The Bertz CT molecular complexity index is 1010. The van der Waals surface area contributed by atoms with Gasteiger partial charge in [0.1, 0.15) is 0 Å². The first-order chi connectivity index (χ1) is 14.1. The van der Waals surface area contributed by atoms with Crippen LogP contribution >= 0.6 is 11.6 Å². The van der Waals surface area contributed by atoms with E-state index in [-0.39, 0.29) is 5.91 Å². The van der Waals surface area contributed by atoms with E-state index in [9.17, 15) is 4.79 Å². The zero-order valence-electron chi connectivity index (χ0n) is 16.5. The molecule has 7 heteroatoms. The maximum absolute atomic E-state index is 12.1. The normalized spacial score (nSPS) is 11.1. The van der Waals surface area contributed by atoms with Gasteiger partial charge in [-0.1, -0.05) is 23.7 Å². The molecule has 0 aliphatic carbocycles. The number of hydrogen-bond donors (Lipinski definition) is 1. The number of nitrogens with one attached hydrogen (secondary N) is 1. The summed E-state index contributed by atoms with van der Waals surface area (Å²) in [5.41, 5.74) is 2.84. The Balaban J connectivity index is 1.52. The molecule has 0 bridgehead atoms.